The molecule has 2 aromatic carbocycles. The Morgan fingerprint density at radius 3 is 2.53 bits per heavy atom. The molecule has 166 valence electrons. The zero-order chi connectivity index (χ0) is 22.9. The number of rotatable bonds is 9. The molecule has 0 saturated heterocycles. The van der Waals surface area contributed by atoms with Crippen molar-refractivity contribution < 1.29 is 14.0 Å². The summed E-state index contributed by atoms with van der Waals surface area (Å²) in [6.45, 7) is 2.03. The number of nitrogens with zero attached hydrogens (tertiary/aromatic N) is 2. The van der Waals surface area contributed by atoms with Crippen LogP contribution in [0.15, 0.2) is 66.0 Å². The summed E-state index contributed by atoms with van der Waals surface area (Å²) in [4.78, 5) is 34.3. The summed E-state index contributed by atoms with van der Waals surface area (Å²) in [5, 5.41) is 5.98. The summed E-state index contributed by atoms with van der Waals surface area (Å²) in [5.74, 6) is -0.628. The number of anilines is 1. The Kier molecular flexibility index (Phi) is 8.58. The molecule has 0 fully saturated rings. The number of halogens is 2. The quantitative estimate of drug-likeness (QED) is 0.347. The number of hydrogen-bond donors (Lipinski definition) is 2. The third kappa shape index (κ3) is 6.77. The van der Waals surface area contributed by atoms with Gasteiger partial charge in [-0.1, -0.05) is 60.6 Å². The third-order valence-corrected chi connectivity index (χ3v) is 5.73. The van der Waals surface area contributed by atoms with Crippen molar-refractivity contribution in [3.8, 4) is 0 Å². The number of aromatic nitrogens is 2. The first kappa shape index (κ1) is 23.7. The molecule has 0 spiro atoms. The summed E-state index contributed by atoms with van der Waals surface area (Å²) in [6.07, 6.45) is 2.56. The number of amides is 2. The van der Waals surface area contributed by atoms with Crippen LogP contribution in [-0.4, -0.2) is 33.6 Å². The first-order valence-corrected chi connectivity index (χ1v) is 11.4. The van der Waals surface area contributed by atoms with Gasteiger partial charge in [0.15, 0.2) is 10.9 Å². The highest BCUT2D eigenvalue weighted by Gasteiger charge is 2.24. The Balaban J connectivity index is 1.80. The number of thioether (sulfide) groups is 1. The second-order valence-electron chi connectivity index (χ2n) is 6.91. The smallest absolute Gasteiger partial charge is 0.272 e. The van der Waals surface area contributed by atoms with Gasteiger partial charge in [-0.3, -0.25) is 9.59 Å². The van der Waals surface area contributed by atoms with E-state index in [1.165, 1.54) is 42.2 Å². The molecule has 0 aliphatic rings. The molecule has 0 saturated carbocycles. The van der Waals surface area contributed by atoms with E-state index in [-0.39, 0.29) is 17.1 Å². The molecule has 1 heterocycles. The van der Waals surface area contributed by atoms with Crippen molar-refractivity contribution in [2.75, 3.05) is 11.1 Å². The van der Waals surface area contributed by atoms with E-state index in [2.05, 4.69) is 20.6 Å². The minimum atomic E-state index is -0.910. The van der Waals surface area contributed by atoms with Crippen molar-refractivity contribution in [2.45, 2.75) is 31.0 Å². The van der Waals surface area contributed by atoms with Gasteiger partial charge in [0.1, 0.15) is 11.9 Å². The summed E-state index contributed by atoms with van der Waals surface area (Å²) < 4.78 is 13.2. The van der Waals surface area contributed by atoms with Crippen LogP contribution in [0.4, 0.5) is 10.1 Å². The molecule has 2 N–H and O–H groups in total. The molecule has 0 unspecified atom stereocenters. The molecule has 3 aromatic rings. The van der Waals surface area contributed by atoms with Crippen molar-refractivity contribution in [3.63, 3.8) is 0 Å². The normalized spacial score (nSPS) is 11.6. The topological polar surface area (TPSA) is 84.0 Å². The molecule has 2 amide bonds. The van der Waals surface area contributed by atoms with Gasteiger partial charge in [0.25, 0.3) is 5.91 Å². The standard InChI is InChI=1S/C23H22ClFN4O2S/c1-2-12-32-23-26-14-18(24)20(29-23)22(31)28-19(13-15-6-4-3-5-7-15)21(30)27-17-10-8-16(25)9-11-17/h3-11,14,19H,2,12-13H2,1H3,(H,27,30)(H,28,31)/t19-/m1/s1. The van der Waals surface area contributed by atoms with E-state index >= 15 is 0 Å². The molecule has 9 heteroatoms. The second kappa shape index (κ2) is 11.6. The van der Waals surface area contributed by atoms with Crippen LogP contribution in [0.5, 0.6) is 0 Å². The van der Waals surface area contributed by atoms with Crippen molar-refractivity contribution in [1.82, 2.24) is 15.3 Å². The predicted molar refractivity (Wildman–Crippen MR) is 124 cm³/mol. The average molecular weight is 473 g/mol. The van der Waals surface area contributed by atoms with Crippen LogP contribution in [0.2, 0.25) is 5.02 Å². The monoisotopic (exact) mass is 472 g/mol. The number of benzene rings is 2. The minimum Gasteiger partial charge on any atom is -0.338 e. The van der Waals surface area contributed by atoms with Crippen LogP contribution in [0, 0.1) is 5.82 Å². The van der Waals surface area contributed by atoms with E-state index in [0.29, 0.717) is 10.8 Å². The number of hydrogen-bond acceptors (Lipinski definition) is 5. The van der Waals surface area contributed by atoms with Gasteiger partial charge in [-0.15, -0.1) is 0 Å². The lowest BCUT2D eigenvalue weighted by molar-refractivity contribution is -0.118. The van der Waals surface area contributed by atoms with Crippen LogP contribution >= 0.6 is 23.4 Å². The summed E-state index contributed by atoms with van der Waals surface area (Å²) in [5.41, 5.74) is 1.29. The SMILES string of the molecule is CCCSc1ncc(Cl)c(C(=O)N[C@H](Cc2ccccc2)C(=O)Nc2ccc(F)cc2)n1. The van der Waals surface area contributed by atoms with Gasteiger partial charge >= 0.3 is 0 Å². The molecule has 6 nitrogen and oxygen atoms in total. The fourth-order valence-corrected chi connectivity index (χ4v) is 3.67. The van der Waals surface area contributed by atoms with Gasteiger partial charge in [0.05, 0.1) is 11.2 Å². The maximum atomic E-state index is 13.2. The fraction of sp³-hybridized carbons (Fsp3) is 0.217. The molecule has 1 aromatic heterocycles. The Morgan fingerprint density at radius 1 is 1.12 bits per heavy atom. The average Bonchev–Trinajstić information content (AvgIpc) is 2.80. The van der Waals surface area contributed by atoms with Crippen molar-refractivity contribution in [2.24, 2.45) is 0 Å². The first-order valence-electron chi connectivity index (χ1n) is 10.0. The predicted octanol–water partition coefficient (Wildman–Crippen LogP) is 4.75. The van der Waals surface area contributed by atoms with Crippen molar-refractivity contribution >= 4 is 40.9 Å². The van der Waals surface area contributed by atoms with Gasteiger partial charge < -0.3 is 10.6 Å². The highest BCUT2D eigenvalue weighted by Crippen LogP contribution is 2.19. The first-order chi connectivity index (χ1) is 15.5. The number of carbonyl (C=O) groups excluding carboxylic acids is 2. The zero-order valence-corrected chi connectivity index (χ0v) is 18.9. The molecule has 32 heavy (non-hydrogen) atoms. The van der Waals surface area contributed by atoms with E-state index < -0.39 is 23.7 Å². The third-order valence-electron chi connectivity index (χ3n) is 4.39. The summed E-state index contributed by atoms with van der Waals surface area (Å²) in [7, 11) is 0. The molecule has 0 aliphatic carbocycles. The second-order valence-corrected chi connectivity index (χ2v) is 8.38. The van der Waals surface area contributed by atoms with Gasteiger partial charge in [-0.05, 0) is 36.2 Å². The summed E-state index contributed by atoms with van der Waals surface area (Å²) >= 11 is 7.58. The van der Waals surface area contributed by atoms with E-state index in [1.54, 1.807) is 0 Å². The van der Waals surface area contributed by atoms with Crippen LogP contribution in [0.1, 0.15) is 29.4 Å². The zero-order valence-electron chi connectivity index (χ0n) is 17.3. The van der Waals surface area contributed by atoms with Gasteiger partial charge in [-0.25, -0.2) is 14.4 Å². The van der Waals surface area contributed by atoms with Crippen LogP contribution in [0.25, 0.3) is 0 Å². The highest BCUT2D eigenvalue weighted by atomic mass is 35.5. The van der Waals surface area contributed by atoms with E-state index in [1.807, 2.05) is 37.3 Å². The van der Waals surface area contributed by atoms with E-state index in [4.69, 9.17) is 11.6 Å². The highest BCUT2D eigenvalue weighted by molar-refractivity contribution is 7.99. The van der Waals surface area contributed by atoms with Gasteiger partial charge in [0, 0.05) is 17.9 Å². The minimum absolute atomic E-state index is 0.00733. The Hall–Kier alpha value is -2.97. The van der Waals surface area contributed by atoms with Gasteiger partial charge in [-0.2, -0.15) is 0 Å². The van der Waals surface area contributed by atoms with Crippen molar-refractivity contribution in [1.29, 1.82) is 0 Å². The maximum absolute atomic E-state index is 13.2. The number of nitrogens with one attached hydrogen (secondary N) is 2. The molecular formula is C23H22ClFN4O2S. The largest absolute Gasteiger partial charge is 0.338 e. The molecule has 3 rings (SSSR count). The van der Waals surface area contributed by atoms with Crippen LogP contribution in [0.3, 0.4) is 0 Å². The Labute approximate surface area is 195 Å². The lowest BCUT2D eigenvalue weighted by Crippen LogP contribution is -2.45. The lowest BCUT2D eigenvalue weighted by atomic mass is 10.0. The molecule has 0 aliphatic heterocycles. The summed E-state index contributed by atoms with van der Waals surface area (Å²) in [6, 6.07) is 13.8. The van der Waals surface area contributed by atoms with Crippen LogP contribution in [-0.2, 0) is 11.2 Å². The Bertz CT molecular complexity index is 1070. The molecule has 0 radical (unpaired) electrons. The number of carbonyl (C=O) groups is 2. The fourth-order valence-electron chi connectivity index (χ4n) is 2.82. The Morgan fingerprint density at radius 2 is 1.84 bits per heavy atom. The molecular weight excluding hydrogens is 451 g/mol. The van der Waals surface area contributed by atoms with Gasteiger partial charge in [0.2, 0.25) is 5.91 Å². The van der Waals surface area contributed by atoms with Crippen molar-refractivity contribution in [3.05, 3.63) is 82.9 Å². The lowest BCUT2D eigenvalue weighted by Gasteiger charge is -2.19. The maximum Gasteiger partial charge on any atom is 0.272 e. The van der Waals surface area contributed by atoms with E-state index in [0.717, 1.165) is 17.7 Å². The van der Waals surface area contributed by atoms with Crippen LogP contribution < -0.4 is 10.6 Å². The molecule has 1 atom stereocenters. The molecule has 0 bridgehead atoms. The van der Waals surface area contributed by atoms with E-state index in [9.17, 15) is 14.0 Å².